The summed E-state index contributed by atoms with van der Waals surface area (Å²) >= 11 is 5.45. The third-order valence-electron chi connectivity index (χ3n) is 2.21. The van der Waals surface area contributed by atoms with Crippen LogP contribution in [0, 0.1) is 6.92 Å². The van der Waals surface area contributed by atoms with Gasteiger partial charge < -0.3 is 0 Å². The van der Waals surface area contributed by atoms with Crippen LogP contribution in [0.3, 0.4) is 0 Å². The van der Waals surface area contributed by atoms with Gasteiger partial charge in [-0.3, -0.25) is 4.31 Å². The lowest BCUT2D eigenvalue weighted by molar-refractivity contribution is 0.595. The molecule has 1 aromatic carbocycles. The van der Waals surface area contributed by atoms with Gasteiger partial charge in [-0.15, -0.1) is 11.6 Å². The number of benzene rings is 1. The lowest BCUT2D eigenvalue weighted by atomic mass is 10.2. The SMILES string of the molecule is Cc1ccccc1N(C)S(=O)(=O)CCCl. The highest BCUT2D eigenvalue weighted by atomic mass is 35.5. The van der Waals surface area contributed by atoms with E-state index in [0.717, 1.165) is 5.56 Å². The Kier molecular flexibility index (Phi) is 3.99. The van der Waals surface area contributed by atoms with Gasteiger partial charge in [0.2, 0.25) is 10.0 Å². The topological polar surface area (TPSA) is 37.4 Å². The Morgan fingerprint density at radius 1 is 1.33 bits per heavy atom. The number of hydrogen-bond donors (Lipinski definition) is 0. The molecule has 1 aromatic rings. The molecule has 0 aromatic heterocycles. The van der Waals surface area contributed by atoms with Crippen LogP contribution in [0.5, 0.6) is 0 Å². The first-order valence-electron chi connectivity index (χ1n) is 4.57. The highest BCUT2D eigenvalue weighted by Gasteiger charge is 2.18. The molecule has 0 heterocycles. The molecule has 3 nitrogen and oxygen atoms in total. The number of aryl methyl sites for hydroxylation is 1. The average Bonchev–Trinajstić information content (AvgIpc) is 2.17. The Morgan fingerprint density at radius 3 is 2.47 bits per heavy atom. The molecule has 0 saturated heterocycles. The summed E-state index contributed by atoms with van der Waals surface area (Å²) in [6.45, 7) is 1.88. The molecule has 0 aliphatic carbocycles. The first-order valence-corrected chi connectivity index (χ1v) is 6.71. The van der Waals surface area contributed by atoms with Crippen LogP contribution in [-0.2, 0) is 10.0 Å². The van der Waals surface area contributed by atoms with Gasteiger partial charge >= 0.3 is 0 Å². The molecule has 5 heteroatoms. The fourth-order valence-corrected chi connectivity index (χ4v) is 2.86. The van der Waals surface area contributed by atoms with Crippen molar-refractivity contribution in [1.29, 1.82) is 0 Å². The van der Waals surface area contributed by atoms with Gasteiger partial charge in [-0.2, -0.15) is 0 Å². The number of para-hydroxylation sites is 1. The zero-order valence-electron chi connectivity index (χ0n) is 8.77. The second-order valence-electron chi connectivity index (χ2n) is 3.26. The molecule has 84 valence electrons. The van der Waals surface area contributed by atoms with E-state index in [9.17, 15) is 8.42 Å². The van der Waals surface area contributed by atoms with Crippen LogP contribution in [0.15, 0.2) is 24.3 Å². The number of rotatable bonds is 4. The van der Waals surface area contributed by atoms with Gasteiger partial charge in [0.05, 0.1) is 11.4 Å². The normalized spacial score (nSPS) is 11.4. The van der Waals surface area contributed by atoms with E-state index in [1.54, 1.807) is 13.1 Å². The Morgan fingerprint density at radius 2 is 1.93 bits per heavy atom. The quantitative estimate of drug-likeness (QED) is 0.764. The maximum absolute atomic E-state index is 11.7. The van der Waals surface area contributed by atoms with Crippen molar-refractivity contribution in [2.45, 2.75) is 6.92 Å². The lowest BCUT2D eigenvalue weighted by Gasteiger charge is -2.20. The summed E-state index contributed by atoms with van der Waals surface area (Å²) in [4.78, 5) is 0. The molecule has 0 saturated carbocycles. The molecule has 0 spiro atoms. The van der Waals surface area contributed by atoms with Crippen LogP contribution in [-0.4, -0.2) is 27.1 Å². The zero-order chi connectivity index (χ0) is 11.5. The zero-order valence-corrected chi connectivity index (χ0v) is 10.3. The number of halogens is 1. The molecule has 0 bridgehead atoms. The van der Waals surface area contributed by atoms with Crippen LogP contribution in [0.25, 0.3) is 0 Å². The number of alkyl halides is 1. The van der Waals surface area contributed by atoms with E-state index >= 15 is 0 Å². The van der Waals surface area contributed by atoms with E-state index in [2.05, 4.69) is 0 Å². The Hall–Kier alpha value is -0.740. The first kappa shape index (κ1) is 12.3. The number of sulfonamides is 1. The summed E-state index contributed by atoms with van der Waals surface area (Å²) in [6, 6.07) is 7.35. The summed E-state index contributed by atoms with van der Waals surface area (Å²) < 4.78 is 24.7. The fourth-order valence-electron chi connectivity index (χ4n) is 1.30. The summed E-state index contributed by atoms with van der Waals surface area (Å²) in [5.74, 6) is 0.0674. The van der Waals surface area contributed by atoms with Gasteiger partial charge in [0.25, 0.3) is 0 Å². The molecule has 0 amide bonds. The summed E-state index contributed by atoms with van der Waals surface area (Å²) in [7, 11) is -1.74. The van der Waals surface area contributed by atoms with Crippen LogP contribution in [0.2, 0.25) is 0 Å². The van der Waals surface area contributed by atoms with E-state index in [1.165, 1.54) is 4.31 Å². The highest BCUT2D eigenvalue weighted by Crippen LogP contribution is 2.20. The summed E-state index contributed by atoms with van der Waals surface area (Å²) in [5, 5.41) is 0. The van der Waals surface area contributed by atoms with Crippen molar-refractivity contribution in [3.8, 4) is 0 Å². The molecule has 0 unspecified atom stereocenters. The third-order valence-corrected chi connectivity index (χ3v) is 4.37. The van der Waals surface area contributed by atoms with Crippen LogP contribution in [0.1, 0.15) is 5.56 Å². The molecule has 0 fully saturated rings. The second kappa shape index (κ2) is 4.86. The number of anilines is 1. The van der Waals surface area contributed by atoms with E-state index in [1.807, 2.05) is 25.1 Å². The van der Waals surface area contributed by atoms with Crippen LogP contribution < -0.4 is 4.31 Å². The van der Waals surface area contributed by atoms with Crippen LogP contribution >= 0.6 is 11.6 Å². The largest absolute Gasteiger partial charge is 0.273 e. The first-order chi connectivity index (χ1) is 6.99. The third kappa shape index (κ3) is 2.86. The Bertz CT molecular complexity index is 431. The maximum atomic E-state index is 11.7. The van der Waals surface area contributed by atoms with Crippen molar-refractivity contribution in [2.24, 2.45) is 0 Å². The van der Waals surface area contributed by atoms with E-state index in [-0.39, 0.29) is 11.6 Å². The van der Waals surface area contributed by atoms with E-state index < -0.39 is 10.0 Å². The van der Waals surface area contributed by atoms with E-state index in [0.29, 0.717) is 5.69 Å². The summed E-state index contributed by atoms with van der Waals surface area (Å²) in [6.07, 6.45) is 0. The molecule has 15 heavy (non-hydrogen) atoms. The second-order valence-corrected chi connectivity index (χ2v) is 5.76. The van der Waals surface area contributed by atoms with Crippen molar-refractivity contribution >= 4 is 27.3 Å². The highest BCUT2D eigenvalue weighted by molar-refractivity contribution is 7.92. The van der Waals surface area contributed by atoms with Crippen molar-refractivity contribution in [2.75, 3.05) is 23.0 Å². The Balaban J connectivity index is 3.05. The average molecular weight is 248 g/mol. The van der Waals surface area contributed by atoms with Gasteiger partial charge in [0.15, 0.2) is 0 Å². The lowest BCUT2D eigenvalue weighted by Crippen LogP contribution is -2.30. The minimum Gasteiger partial charge on any atom is -0.273 e. The molecule has 0 aliphatic rings. The minimum atomic E-state index is -3.28. The van der Waals surface area contributed by atoms with Crippen molar-refractivity contribution in [3.63, 3.8) is 0 Å². The maximum Gasteiger partial charge on any atom is 0.236 e. The van der Waals surface area contributed by atoms with Crippen LogP contribution in [0.4, 0.5) is 5.69 Å². The van der Waals surface area contributed by atoms with Gasteiger partial charge in [0, 0.05) is 12.9 Å². The summed E-state index contributed by atoms with van der Waals surface area (Å²) in [5.41, 5.74) is 1.63. The molecule has 1 rings (SSSR count). The predicted octanol–water partition coefficient (Wildman–Crippen LogP) is 2.00. The van der Waals surface area contributed by atoms with Crippen molar-refractivity contribution < 1.29 is 8.42 Å². The van der Waals surface area contributed by atoms with Gasteiger partial charge in [0.1, 0.15) is 0 Å². The molecule has 0 radical (unpaired) electrons. The molecule has 0 atom stereocenters. The number of nitrogens with zero attached hydrogens (tertiary/aromatic N) is 1. The van der Waals surface area contributed by atoms with Gasteiger partial charge in [-0.05, 0) is 18.6 Å². The van der Waals surface area contributed by atoms with Gasteiger partial charge in [-0.25, -0.2) is 8.42 Å². The smallest absolute Gasteiger partial charge is 0.236 e. The van der Waals surface area contributed by atoms with E-state index in [4.69, 9.17) is 11.6 Å². The number of hydrogen-bond acceptors (Lipinski definition) is 2. The molecule has 0 N–H and O–H groups in total. The van der Waals surface area contributed by atoms with Gasteiger partial charge in [-0.1, -0.05) is 18.2 Å². The monoisotopic (exact) mass is 247 g/mol. The molecule has 0 aliphatic heterocycles. The fraction of sp³-hybridized carbons (Fsp3) is 0.400. The molecular formula is C10H14ClNO2S. The minimum absolute atomic E-state index is 0.0423. The standard InChI is InChI=1S/C10H14ClNO2S/c1-9-5-3-4-6-10(9)12(2)15(13,14)8-7-11/h3-6H,7-8H2,1-2H3. The van der Waals surface area contributed by atoms with Crippen molar-refractivity contribution in [3.05, 3.63) is 29.8 Å². The molecular weight excluding hydrogens is 234 g/mol. The van der Waals surface area contributed by atoms with Crippen molar-refractivity contribution in [1.82, 2.24) is 0 Å². The Labute approximate surface area is 95.7 Å². The predicted molar refractivity (Wildman–Crippen MR) is 64.1 cm³/mol.